The molecule has 1 aliphatic heterocycles. The molecule has 0 saturated carbocycles. The highest BCUT2D eigenvalue weighted by molar-refractivity contribution is 5.82. The maximum Gasteiger partial charge on any atom is 0.262 e. The summed E-state index contributed by atoms with van der Waals surface area (Å²) in [6, 6.07) is 3.74. The first-order valence-electron chi connectivity index (χ1n) is 6.01. The van der Waals surface area contributed by atoms with Crippen LogP contribution < -0.4 is 10.6 Å². The number of aryl methyl sites for hydroxylation is 1. The van der Waals surface area contributed by atoms with E-state index in [1.165, 1.54) is 6.07 Å². The fourth-order valence-corrected chi connectivity index (χ4v) is 1.96. The molecule has 0 spiro atoms. The summed E-state index contributed by atoms with van der Waals surface area (Å²) in [5.74, 6) is -3.67. The Hall–Kier alpha value is -1.56. The molecule has 2 rings (SSSR count). The van der Waals surface area contributed by atoms with E-state index in [0.717, 1.165) is 0 Å². The van der Waals surface area contributed by atoms with Gasteiger partial charge in [-0.25, -0.2) is 13.2 Å². The van der Waals surface area contributed by atoms with Gasteiger partial charge in [0.2, 0.25) is 5.91 Å². The molecule has 6 heteroatoms. The Labute approximate surface area is 109 Å². The highest BCUT2D eigenvalue weighted by atomic mass is 19.3. The van der Waals surface area contributed by atoms with Crippen molar-refractivity contribution in [3.8, 4) is 0 Å². The normalized spacial score (nSPS) is 21.4. The van der Waals surface area contributed by atoms with E-state index < -0.39 is 30.8 Å². The standard InChI is InChI=1S/C13H15F3N2O/c1-8-2-3-9(4-10(8)14)6-17-12(19)11-5-13(15,16)7-18-11/h2-4,11,18H,5-7H2,1H3,(H,17,19). The van der Waals surface area contributed by atoms with Crippen LogP contribution in [0, 0.1) is 12.7 Å². The lowest BCUT2D eigenvalue weighted by Crippen LogP contribution is -2.40. The van der Waals surface area contributed by atoms with Gasteiger partial charge >= 0.3 is 0 Å². The van der Waals surface area contributed by atoms with Crippen molar-refractivity contribution in [3.63, 3.8) is 0 Å². The molecule has 19 heavy (non-hydrogen) atoms. The molecule has 0 radical (unpaired) electrons. The maximum atomic E-state index is 13.3. The maximum absolute atomic E-state index is 13.3. The number of amides is 1. The number of hydrogen-bond acceptors (Lipinski definition) is 2. The number of carbonyl (C=O) groups excluding carboxylic acids is 1. The van der Waals surface area contributed by atoms with Crippen molar-refractivity contribution < 1.29 is 18.0 Å². The summed E-state index contributed by atoms with van der Waals surface area (Å²) in [7, 11) is 0. The molecule has 0 aliphatic carbocycles. The zero-order valence-electron chi connectivity index (χ0n) is 10.5. The summed E-state index contributed by atoms with van der Waals surface area (Å²) in [5, 5.41) is 4.99. The van der Waals surface area contributed by atoms with Crippen molar-refractivity contribution in [1.29, 1.82) is 0 Å². The quantitative estimate of drug-likeness (QED) is 0.880. The van der Waals surface area contributed by atoms with E-state index in [2.05, 4.69) is 10.6 Å². The minimum atomic E-state index is -2.84. The first kappa shape index (κ1) is 13.9. The SMILES string of the molecule is Cc1ccc(CNC(=O)C2CC(F)(F)CN2)cc1F. The van der Waals surface area contributed by atoms with Gasteiger partial charge in [-0.2, -0.15) is 0 Å². The number of nitrogens with one attached hydrogen (secondary N) is 2. The summed E-state index contributed by atoms with van der Waals surface area (Å²) in [6.45, 7) is 1.28. The molecule has 1 heterocycles. The van der Waals surface area contributed by atoms with E-state index in [9.17, 15) is 18.0 Å². The molecule has 3 nitrogen and oxygen atoms in total. The molecule has 0 bridgehead atoms. The van der Waals surface area contributed by atoms with Crippen molar-refractivity contribution >= 4 is 5.91 Å². The third-order valence-electron chi connectivity index (χ3n) is 3.13. The molecule has 104 valence electrons. The Morgan fingerprint density at radius 1 is 1.53 bits per heavy atom. The molecular weight excluding hydrogens is 257 g/mol. The molecule has 1 amide bonds. The summed E-state index contributed by atoms with van der Waals surface area (Å²) in [6.07, 6.45) is -0.499. The number of halogens is 3. The molecule has 1 aromatic carbocycles. The fraction of sp³-hybridized carbons (Fsp3) is 0.462. The highest BCUT2D eigenvalue weighted by Crippen LogP contribution is 2.25. The van der Waals surface area contributed by atoms with Gasteiger partial charge in [0, 0.05) is 13.0 Å². The second-order valence-electron chi connectivity index (χ2n) is 4.79. The van der Waals surface area contributed by atoms with E-state index in [-0.39, 0.29) is 12.4 Å². The van der Waals surface area contributed by atoms with Crippen LogP contribution in [0.15, 0.2) is 18.2 Å². The third kappa shape index (κ3) is 3.47. The number of alkyl halides is 2. The third-order valence-corrected chi connectivity index (χ3v) is 3.13. The minimum absolute atomic E-state index is 0.125. The number of carbonyl (C=O) groups is 1. The lowest BCUT2D eigenvalue weighted by Gasteiger charge is -2.11. The highest BCUT2D eigenvalue weighted by Gasteiger charge is 2.42. The Balaban J connectivity index is 1.88. The van der Waals surface area contributed by atoms with Crippen LogP contribution >= 0.6 is 0 Å². The molecule has 1 fully saturated rings. The lowest BCUT2D eigenvalue weighted by atomic mass is 10.1. The average Bonchev–Trinajstić information content (AvgIpc) is 2.71. The van der Waals surface area contributed by atoms with Crippen molar-refractivity contribution in [2.45, 2.75) is 31.9 Å². The van der Waals surface area contributed by atoms with Gasteiger partial charge in [0.15, 0.2) is 0 Å². The van der Waals surface area contributed by atoms with Gasteiger partial charge in [0.05, 0.1) is 12.6 Å². The topological polar surface area (TPSA) is 41.1 Å². The number of benzene rings is 1. The largest absolute Gasteiger partial charge is 0.351 e. The van der Waals surface area contributed by atoms with E-state index in [0.29, 0.717) is 11.1 Å². The monoisotopic (exact) mass is 272 g/mol. The zero-order chi connectivity index (χ0) is 14.0. The Morgan fingerprint density at radius 2 is 2.26 bits per heavy atom. The predicted molar refractivity (Wildman–Crippen MR) is 64.3 cm³/mol. The van der Waals surface area contributed by atoms with E-state index >= 15 is 0 Å². The van der Waals surface area contributed by atoms with Crippen molar-refractivity contribution in [2.75, 3.05) is 6.54 Å². The lowest BCUT2D eigenvalue weighted by molar-refractivity contribution is -0.123. The first-order valence-corrected chi connectivity index (χ1v) is 6.01. The minimum Gasteiger partial charge on any atom is -0.351 e. The van der Waals surface area contributed by atoms with Crippen molar-refractivity contribution in [1.82, 2.24) is 10.6 Å². The Kier molecular flexibility index (Phi) is 3.80. The Bertz CT molecular complexity index is 491. The van der Waals surface area contributed by atoms with Crippen LogP contribution in [-0.2, 0) is 11.3 Å². The molecular formula is C13H15F3N2O. The van der Waals surface area contributed by atoms with Gasteiger partial charge in [-0.15, -0.1) is 0 Å². The summed E-state index contributed by atoms with van der Waals surface area (Å²) >= 11 is 0. The van der Waals surface area contributed by atoms with Gasteiger partial charge in [-0.05, 0) is 24.1 Å². The van der Waals surface area contributed by atoms with Gasteiger partial charge in [0.25, 0.3) is 5.92 Å². The fourth-order valence-electron chi connectivity index (χ4n) is 1.96. The molecule has 1 aromatic rings. The number of hydrogen-bond donors (Lipinski definition) is 2. The summed E-state index contributed by atoms with van der Waals surface area (Å²) < 4.78 is 39.1. The van der Waals surface area contributed by atoms with Crippen molar-refractivity contribution in [3.05, 3.63) is 35.1 Å². The number of rotatable bonds is 3. The van der Waals surface area contributed by atoms with E-state index in [1.807, 2.05) is 0 Å². The molecule has 1 saturated heterocycles. The second kappa shape index (κ2) is 5.21. The van der Waals surface area contributed by atoms with Crippen molar-refractivity contribution in [2.24, 2.45) is 0 Å². The predicted octanol–water partition coefficient (Wildman–Crippen LogP) is 1.75. The summed E-state index contributed by atoms with van der Waals surface area (Å²) in [4.78, 5) is 11.7. The molecule has 1 atom stereocenters. The van der Waals surface area contributed by atoms with Crippen LogP contribution in [0.4, 0.5) is 13.2 Å². The van der Waals surface area contributed by atoms with E-state index in [1.54, 1.807) is 19.1 Å². The molecule has 1 aliphatic rings. The van der Waals surface area contributed by atoms with Crippen LogP contribution in [0.5, 0.6) is 0 Å². The second-order valence-corrected chi connectivity index (χ2v) is 4.79. The molecule has 0 aromatic heterocycles. The Morgan fingerprint density at radius 3 is 2.84 bits per heavy atom. The molecule has 1 unspecified atom stereocenters. The first-order chi connectivity index (χ1) is 8.87. The van der Waals surface area contributed by atoms with Gasteiger partial charge in [0.1, 0.15) is 5.82 Å². The van der Waals surface area contributed by atoms with Gasteiger partial charge in [-0.3, -0.25) is 10.1 Å². The van der Waals surface area contributed by atoms with Crippen LogP contribution in [0.25, 0.3) is 0 Å². The van der Waals surface area contributed by atoms with Crippen LogP contribution in [0.1, 0.15) is 17.5 Å². The molecule has 2 N–H and O–H groups in total. The van der Waals surface area contributed by atoms with Crippen LogP contribution in [0.2, 0.25) is 0 Å². The smallest absolute Gasteiger partial charge is 0.262 e. The van der Waals surface area contributed by atoms with Crippen LogP contribution in [0.3, 0.4) is 0 Å². The van der Waals surface area contributed by atoms with E-state index in [4.69, 9.17) is 0 Å². The van der Waals surface area contributed by atoms with Gasteiger partial charge < -0.3 is 5.32 Å². The average molecular weight is 272 g/mol. The zero-order valence-corrected chi connectivity index (χ0v) is 10.5. The van der Waals surface area contributed by atoms with Gasteiger partial charge in [-0.1, -0.05) is 12.1 Å². The van der Waals surface area contributed by atoms with Crippen LogP contribution in [-0.4, -0.2) is 24.4 Å². The summed E-state index contributed by atoms with van der Waals surface area (Å²) in [5.41, 5.74) is 1.12.